The zero-order chi connectivity index (χ0) is 10.0. The predicted octanol–water partition coefficient (Wildman–Crippen LogP) is 3.90. The van der Waals surface area contributed by atoms with Crippen molar-refractivity contribution in [2.45, 2.75) is 27.7 Å². The summed E-state index contributed by atoms with van der Waals surface area (Å²) >= 11 is 4.29. The van der Waals surface area contributed by atoms with Crippen LogP contribution in [0.15, 0.2) is 17.0 Å². The summed E-state index contributed by atoms with van der Waals surface area (Å²) in [4.78, 5) is 1.05. The minimum absolute atomic E-state index is 1.05. The van der Waals surface area contributed by atoms with E-state index in [1.165, 1.54) is 22.3 Å². The molecule has 0 heterocycles. The van der Waals surface area contributed by atoms with Gasteiger partial charge < -0.3 is 0 Å². The van der Waals surface area contributed by atoms with Crippen molar-refractivity contribution in [1.29, 1.82) is 0 Å². The Bertz CT molecular complexity index is 344. The van der Waals surface area contributed by atoms with E-state index < -0.39 is 0 Å². The van der Waals surface area contributed by atoms with Gasteiger partial charge in [0.25, 0.3) is 0 Å². The minimum Gasteiger partial charge on any atom is -0.148 e. The molecule has 1 aromatic rings. The molecule has 0 nitrogen and oxygen atoms in total. The lowest BCUT2D eigenvalue weighted by molar-refractivity contribution is 1.28. The molecule has 70 valence electrons. The first-order valence-corrected chi connectivity index (χ1v) is 4.90. The van der Waals surface area contributed by atoms with Gasteiger partial charge in [-0.15, -0.1) is 12.6 Å². The molecule has 0 bridgehead atoms. The van der Waals surface area contributed by atoms with Gasteiger partial charge in [-0.3, -0.25) is 0 Å². The Hall–Kier alpha value is -0.690. The summed E-state index contributed by atoms with van der Waals surface area (Å²) in [7, 11) is 0. The van der Waals surface area contributed by atoms with Crippen LogP contribution in [-0.4, -0.2) is 0 Å². The van der Waals surface area contributed by atoms with Crippen molar-refractivity contribution in [2.75, 3.05) is 0 Å². The number of hydrogen-bond acceptors (Lipinski definition) is 1. The molecule has 0 atom stereocenters. The third-order valence-corrected chi connectivity index (χ3v) is 2.35. The van der Waals surface area contributed by atoms with E-state index in [9.17, 15) is 0 Å². The summed E-state index contributed by atoms with van der Waals surface area (Å²) in [6.07, 6.45) is 2.11. The summed E-state index contributed by atoms with van der Waals surface area (Å²) in [6.45, 7) is 8.42. The highest BCUT2D eigenvalue weighted by atomic mass is 32.1. The number of aryl methyl sites for hydroxylation is 2. The van der Waals surface area contributed by atoms with Crippen LogP contribution >= 0.6 is 12.6 Å². The average molecular weight is 192 g/mol. The van der Waals surface area contributed by atoms with E-state index in [0.717, 1.165) is 4.91 Å². The van der Waals surface area contributed by atoms with E-state index in [0.29, 0.717) is 0 Å². The molecule has 0 unspecified atom stereocenters. The molecule has 0 N–H and O–H groups in total. The molecular weight excluding hydrogens is 176 g/mol. The normalized spacial score (nSPS) is 11.9. The van der Waals surface area contributed by atoms with Gasteiger partial charge in [0.1, 0.15) is 0 Å². The number of allylic oxidation sites excluding steroid dienone is 1. The number of hydrogen-bond donors (Lipinski definition) is 1. The fraction of sp³-hybridized carbons (Fsp3) is 0.333. The van der Waals surface area contributed by atoms with E-state index in [2.05, 4.69) is 51.6 Å². The molecule has 1 rings (SSSR count). The van der Waals surface area contributed by atoms with Crippen molar-refractivity contribution < 1.29 is 0 Å². The monoisotopic (exact) mass is 192 g/mol. The van der Waals surface area contributed by atoms with Gasteiger partial charge in [0.15, 0.2) is 0 Å². The molecule has 1 aromatic carbocycles. The van der Waals surface area contributed by atoms with E-state index in [1.54, 1.807) is 0 Å². The number of benzene rings is 1. The van der Waals surface area contributed by atoms with Crippen LogP contribution in [0.3, 0.4) is 0 Å². The molecule has 0 spiro atoms. The molecule has 0 fully saturated rings. The quantitative estimate of drug-likeness (QED) is 0.641. The largest absolute Gasteiger partial charge is 0.148 e. The van der Waals surface area contributed by atoms with Crippen LogP contribution in [0.1, 0.15) is 29.2 Å². The van der Waals surface area contributed by atoms with Crippen LogP contribution in [0.25, 0.3) is 6.08 Å². The van der Waals surface area contributed by atoms with E-state index in [-0.39, 0.29) is 0 Å². The molecule has 0 saturated heterocycles. The highest BCUT2D eigenvalue weighted by molar-refractivity contribution is 7.84. The van der Waals surface area contributed by atoms with Crippen LogP contribution in [0.2, 0.25) is 0 Å². The highest BCUT2D eigenvalue weighted by Gasteiger charge is 1.99. The second-order valence-electron chi connectivity index (χ2n) is 3.58. The Morgan fingerprint density at radius 1 is 1.23 bits per heavy atom. The fourth-order valence-electron chi connectivity index (χ4n) is 1.45. The molecule has 0 saturated carbocycles. The molecular formula is C12H16S. The fourth-order valence-corrected chi connectivity index (χ4v) is 1.59. The van der Waals surface area contributed by atoms with Crippen molar-refractivity contribution in [3.8, 4) is 0 Å². The van der Waals surface area contributed by atoms with Crippen LogP contribution < -0.4 is 0 Å². The van der Waals surface area contributed by atoms with Crippen LogP contribution in [-0.2, 0) is 0 Å². The summed E-state index contributed by atoms with van der Waals surface area (Å²) in [5, 5.41) is 0. The van der Waals surface area contributed by atoms with Crippen LogP contribution in [0.5, 0.6) is 0 Å². The van der Waals surface area contributed by atoms with Crippen LogP contribution in [0.4, 0.5) is 0 Å². The van der Waals surface area contributed by atoms with Gasteiger partial charge in [0.05, 0.1) is 0 Å². The second kappa shape index (κ2) is 4.01. The molecule has 0 radical (unpaired) electrons. The first-order valence-electron chi connectivity index (χ1n) is 4.46. The molecule has 0 aliphatic carbocycles. The van der Waals surface area contributed by atoms with Gasteiger partial charge in [-0.1, -0.05) is 17.7 Å². The van der Waals surface area contributed by atoms with E-state index in [4.69, 9.17) is 0 Å². The Morgan fingerprint density at radius 2 is 1.85 bits per heavy atom. The standard InChI is InChI=1S/C12H16S/c1-8-5-9(2)11(4)12(6-8)7-10(3)13/h5-7,13H,1-4H3/b10-7-. The smallest absolute Gasteiger partial charge is 0.0209 e. The number of rotatable bonds is 1. The molecule has 0 aliphatic heterocycles. The first kappa shape index (κ1) is 10.4. The van der Waals surface area contributed by atoms with Gasteiger partial charge >= 0.3 is 0 Å². The molecule has 1 heteroatoms. The zero-order valence-electron chi connectivity index (χ0n) is 8.68. The second-order valence-corrected chi connectivity index (χ2v) is 4.29. The maximum Gasteiger partial charge on any atom is -0.0209 e. The third kappa shape index (κ3) is 2.63. The lowest BCUT2D eigenvalue weighted by atomic mass is 10.00. The van der Waals surface area contributed by atoms with E-state index in [1.807, 2.05) is 6.92 Å². The van der Waals surface area contributed by atoms with Crippen LogP contribution in [0, 0.1) is 20.8 Å². The van der Waals surface area contributed by atoms with E-state index >= 15 is 0 Å². The summed E-state index contributed by atoms with van der Waals surface area (Å²) in [5.41, 5.74) is 5.29. The van der Waals surface area contributed by atoms with Gasteiger partial charge in [-0.2, -0.15) is 0 Å². The third-order valence-electron chi connectivity index (χ3n) is 2.22. The highest BCUT2D eigenvalue weighted by Crippen LogP contribution is 2.19. The molecule has 13 heavy (non-hydrogen) atoms. The Morgan fingerprint density at radius 3 is 2.38 bits per heavy atom. The molecule has 0 amide bonds. The topological polar surface area (TPSA) is 0 Å². The SMILES string of the molecule is C/C(S)=C/c1cc(C)cc(C)c1C. The molecule has 0 aliphatic rings. The van der Waals surface area contributed by atoms with Gasteiger partial charge in [0.2, 0.25) is 0 Å². The number of thiol groups is 1. The Kier molecular flexibility index (Phi) is 3.21. The lowest BCUT2D eigenvalue weighted by Gasteiger charge is -2.07. The van der Waals surface area contributed by atoms with Crippen molar-refractivity contribution in [3.63, 3.8) is 0 Å². The van der Waals surface area contributed by atoms with Gasteiger partial charge in [-0.05, 0) is 55.4 Å². The van der Waals surface area contributed by atoms with Crippen molar-refractivity contribution in [3.05, 3.63) is 39.3 Å². The maximum atomic E-state index is 4.29. The summed E-state index contributed by atoms with van der Waals surface area (Å²) < 4.78 is 0. The molecule has 0 aromatic heterocycles. The summed E-state index contributed by atoms with van der Waals surface area (Å²) in [6, 6.07) is 4.41. The van der Waals surface area contributed by atoms with Crippen molar-refractivity contribution in [1.82, 2.24) is 0 Å². The summed E-state index contributed by atoms with van der Waals surface area (Å²) in [5.74, 6) is 0. The minimum atomic E-state index is 1.05. The Labute approximate surface area is 86.1 Å². The predicted molar refractivity (Wildman–Crippen MR) is 63.3 cm³/mol. The van der Waals surface area contributed by atoms with Gasteiger partial charge in [-0.25, -0.2) is 0 Å². The first-order chi connectivity index (χ1) is 6.00. The van der Waals surface area contributed by atoms with Crippen molar-refractivity contribution in [2.24, 2.45) is 0 Å². The zero-order valence-corrected chi connectivity index (χ0v) is 9.57. The average Bonchev–Trinajstić information content (AvgIpc) is 1.98. The van der Waals surface area contributed by atoms with Crippen molar-refractivity contribution >= 4 is 18.7 Å². The maximum absolute atomic E-state index is 4.29. The Balaban J connectivity index is 3.28. The van der Waals surface area contributed by atoms with Gasteiger partial charge in [0, 0.05) is 0 Å². The lowest BCUT2D eigenvalue weighted by Crippen LogP contribution is -1.88.